The Morgan fingerprint density at radius 2 is 2.15 bits per heavy atom. The normalized spacial score (nSPS) is 18.5. The van der Waals surface area contributed by atoms with E-state index in [0.717, 1.165) is 50.6 Å². The maximum atomic E-state index is 4.81. The third-order valence-corrected chi connectivity index (χ3v) is 5.11. The molecule has 1 fully saturated rings. The fourth-order valence-electron chi connectivity index (χ4n) is 3.70. The number of guanidine groups is 1. The van der Waals surface area contributed by atoms with Gasteiger partial charge in [0.25, 0.3) is 0 Å². The fraction of sp³-hybridized carbons (Fsp3) is 0.600. The predicted molar refractivity (Wildman–Crippen MR) is 109 cm³/mol. The van der Waals surface area contributed by atoms with E-state index >= 15 is 0 Å². The maximum Gasteiger partial charge on any atom is 0.191 e. The second-order valence-electron chi connectivity index (χ2n) is 6.85. The Bertz CT molecular complexity index is 707. The van der Waals surface area contributed by atoms with Gasteiger partial charge in [0.15, 0.2) is 5.96 Å². The highest BCUT2D eigenvalue weighted by Crippen LogP contribution is 2.16. The average Bonchev–Trinajstić information content (AvgIpc) is 3.29. The number of aliphatic imine (C=N–C) groups is 1. The van der Waals surface area contributed by atoms with E-state index in [9.17, 15) is 0 Å². The van der Waals surface area contributed by atoms with E-state index < -0.39 is 0 Å². The number of nitrogens with one attached hydrogen (secondary N) is 2. The summed E-state index contributed by atoms with van der Waals surface area (Å²) in [6.07, 6.45) is 5.54. The van der Waals surface area contributed by atoms with Crippen LogP contribution in [0.25, 0.3) is 11.0 Å². The van der Waals surface area contributed by atoms with Crippen LogP contribution in [0.1, 0.15) is 33.1 Å². The molecule has 0 radical (unpaired) electrons. The topological polar surface area (TPSA) is 57.5 Å². The zero-order valence-electron chi connectivity index (χ0n) is 16.1. The number of rotatable bonds is 8. The van der Waals surface area contributed by atoms with Crippen LogP contribution in [0, 0.1) is 0 Å². The van der Waals surface area contributed by atoms with Gasteiger partial charge in [-0.2, -0.15) is 0 Å². The molecule has 0 spiro atoms. The van der Waals surface area contributed by atoms with Crippen molar-refractivity contribution in [1.82, 2.24) is 25.1 Å². The molecule has 1 aliphatic rings. The molecular weight excluding hydrogens is 324 g/mol. The average molecular weight is 357 g/mol. The highest BCUT2D eigenvalue weighted by Gasteiger charge is 2.22. The van der Waals surface area contributed by atoms with Crippen LogP contribution >= 0.6 is 0 Å². The Morgan fingerprint density at radius 1 is 1.27 bits per heavy atom. The lowest BCUT2D eigenvalue weighted by Gasteiger charge is -2.21. The van der Waals surface area contributed by atoms with Crippen LogP contribution in [0.15, 0.2) is 35.6 Å². The summed E-state index contributed by atoms with van der Waals surface area (Å²) >= 11 is 0. The van der Waals surface area contributed by atoms with Crippen LogP contribution < -0.4 is 10.6 Å². The number of aryl methyl sites for hydroxylation is 1. The summed E-state index contributed by atoms with van der Waals surface area (Å²) in [7, 11) is 0. The molecule has 2 aromatic rings. The van der Waals surface area contributed by atoms with Gasteiger partial charge in [0.2, 0.25) is 0 Å². The van der Waals surface area contributed by atoms with E-state index in [-0.39, 0.29) is 0 Å². The minimum absolute atomic E-state index is 0.604. The predicted octanol–water partition coefficient (Wildman–Crippen LogP) is 2.47. The van der Waals surface area contributed by atoms with Crippen molar-refractivity contribution in [3.63, 3.8) is 0 Å². The van der Waals surface area contributed by atoms with E-state index in [4.69, 9.17) is 4.99 Å². The van der Waals surface area contributed by atoms with Crippen molar-refractivity contribution >= 4 is 17.0 Å². The highest BCUT2D eigenvalue weighted by molar-refractivity contribution is 5.79. The fourth-order valence-corrected chi connectivity index (χ4v) is 3.70. The summed E-state index contributed by atoms with van der Waals surface area (Å²) in [5.41, 5.74) is 2.27. The van der Waals surface area contributed by atoms with Gasteiger partial charge in [-0.25, -0.2) is 4.98 Å². The lowest BCUT2D eigenvalue weighted by molar-refractivity contribution is 0.273. The number of likely N-dealkylation sites (tertiary alicyclic amines) is 1. The van der Waals surface area contributed by atoms with Gasteiger partial charge in [-0.05, 0) is 51.4 Å². The molecule has 1 aromatic carbocycles. The second-order valence-corrected chi connectivity index (χ2v) is 6.85. The number of hydrogen-bond donors (Lipinski definition) is 2. The lowest BCUT2D eigenvalue weighted by atomic mass is 10.2. The van der Waals surface area contributed by atoms with Crippen molar-refractivity contribution in [2.45, 2.75) is 45.7 Å². The van der Waals surface area contributed by atoms with Gasteiger partial charge in [0.1, 0.15) is 0 Å². The molecule has 0 aliphatic carbocycles. The van der Waals surface area contributed by atoms with Gasteiger partial charge in [-0.3, -0.25) is 9.89 Å². The standard InChI is InChI=1S/C20H32N6/c1-3-21-20(23-15-17-9-7-13-25(17)4-2)22-12-8-14-26-16-24-18-10-5-6-11-19(18)26/h5-6,10-11,16-17H,3-4,7-9,12-15H2,1-2H3,(H2,21,22,23). The molecule has 0 amide bonds. The minimum atomic E-state index is 0.604. The quantitative estimate of drug-likeness (QED) is 0.433. The molecule has 0 bridgehead atoms. The van der Waals surface area contributed by atoms with Crippen LogP contribution in [0.3, 0.4) is 0 Å². The van der Waals surface area contributed by atoms with Crippen LogP contribution in [-0.4, -0.2) is 59.2 Å². The van der Waals surface area contributed by atoms with Crippen molar-refractivity contribution in [2.24, 2.45) is 4.99 Å². The molecule has 1 atom stereocenters. The Labute approximate surface area is 156 Å². The second kappa shape index (κ2) is 9.57. The Morgan fingerprint density at radius 3 is 3.00 bits per heavy atom. The number of nitrogens with zero attached hydrogens (tertiary/aromatic N) is 4. The van der Waals surface area contributed by atoms with Crippen LogP contribution in [0.5, 0.6) is 0 Å². The molecule has 0 saturated carbocycles. The number of likely N-dealkylation sites (N-methyl/N-ethyl adjacent to an activating group) is 1. The van der Waals surface area contributed by atoms with Crippen molar-refractivity contribution in [3.8, 4) is 0 Å². The summed E-state index contributed by atoms with van der Waals surface area (Å²) in [5.74, 6) is 0.936. The number of hydrogen-bond acceptors (Lipinski definition) is 3. The zero-order valence-corrected chi connectivity index (χ0v) is 16.1. The molecule has 3 rings (SSSR count). The highest BCUT2D eigenvalue weighted by atomic mass is 15.2. The van der Waals surface area contributed by atoms with Crippen molar-refractivity contribution in [1.29, 1.82) is 0 Å². The Kier molecular flexibility index (Phi) is 6.89. The first-order valence-electron chi connectivity index (χ1n) is 9.98. The molecule has 26 heavy (non-hydrogen) atoms. The van der Waals surface area contributed by atoms with Crippen molar-refractivity contribution in [3.05, 3.63) is 30.6 Å². The molecule has 2 N–H and O–H groups in total. The summed E-state index contributed by atoms with van der Waals surface area (Å²) in [6.45, 7) is 10.3. The van der Waals surface area contributed by atoms with E-state index in [1.165, 1.54) is 24.9 Å². The summed E-state index contributed by atoms with van der Waals surface area (Å²) in [4.78, 5) is 11.8. The number of aromatic nitrogens is 2. The van der Waals surface area contributed by atoms with Crippen LogP contribution in [0.2, 0.25) is 0 Å². The summed E-state index contributed by atoms with van der Waals surface area (Å²) in [5, 5.41) is 6.84. The Hall–Kier alpha value is -2.08. The maximum absolute atomic E-state index is 4.81. The third-order valence-electron chi connectivity index (χ3n) is 5.11. The van der Waals surface area contributed by atoms with E-state index in [1.54, 1.807) is 0 Å². The summed E-state index contributed by atoms with van der Waals surface area (Å²) in [6, 6.07) is 8.89. The molecular formula is C20H32N6. The van der Waals surface area contributed by atoms with Crippen molar-refractivity contribution in [2.75, 3.05) is 32.7 Å². The first-order chi connectivity index (χ1) is 12.8. The Balaban J connectivity index is 1.47. The van der Waals surface area contributed by atoms with Crippen LogP contribution in [0.4, 0.5) is 0 Å². The number of imidazole rings is 1. The van der Waals surface area contributed by atoms with Gasteiger partial charge in [-0.15, -0.1) is 0 Å². The molecule has 1 unspecified atom stereocenters. The lowest BCUT2D eigenvalue weighted by Crippen LogP contribution is -2.39. The molecule has 6 nitrogen and oxygen atoms in total. The molecule has 2 heterocycles. The first-order valence-corrected chi connectivity index (χ1v) is 9.98. The van der Waals surface area contributed by atoms with E-state index in [1.807, 2.05) is 12.4 Å². The zero-order chi connectivity index (χ0) is 18.2. The smallest absolute Gasteiger partial charge is 0.191 e. The van der Waals surface area contributed by atoms with E-state index in [0.29, 0.717) is 6.04 Å². The van der Waals surface area contributed by atoms with Gasteiger partial charge in [0, 0.05) is 25.7 Å². The molecule has 6 heteroatoms. The monoisotopic (exact) mass is 356 g/mol. The molecule has 1 aliphatic heterocycles. The molecule has 142 valence electrons. The van der Waals surface area contributed by atoms with Gasteiger partial charge in [0.05, 0.1) is 23.9 Å². The third kappa shape index (κ3) is 4.75. The first kappa shape index (κ1) is 18.7. The number of para-hydroxylation sites is 2. The number of benzene rings is 1. The summed E-state index contributed by atoms with van der Waals surface area (Å²) < 4.78 is 2.22. The molecule has 1 aromatic heterocycles. The van der Waals surface area contributed by atoms with Crippen LogP contribution in [-0.2, 0) is 6.54 Å². The van der Waals surface area contributed by atoms with Crippen molar-refractivity contribution < 1.29 is 0 Å². The number of fused-ring (bicyclic) bond motifs is 1. The largest absolute Gasteiger partial charge is 0.357 e. The minimum Gasteiger partial charge on any atom is -0.357 e. The van der Waals surface area contributed by atoms with E-state index in [2.05, 4.69) is 57.1 Å². The van der Waals surface area contributed by atoms with Gasteiger partial charge in [-0.1, -0.05) is 19.1 Å². The van der Waals surface area contributed by atoms with Gasteiger partial charge < -0.3 is 15.2 Å². The molecule has 1 saturated heterocycles. The SMILES string of the molecule is CCNC(=NCC1CCCN1CC)NCCCn1cnc2ccccc21. The van der Waals surface area contributed by atoms with Gasteiger partial charge >= 0.3 is 0 Å².